The molecule has 0 saturated heterocycles. The molecule has 0 N–H and O–H groups in total. The number of alkyl halides is 3. The summed E-state index contributed by atoms with van der Waals surface area (Å²) in [6, 6.07) is 7.53. The average Bonchev–Trinajstić information content (AvgIpc) is 2.25. The monoisotopic (exact) mass is 283 g/mol. The fourth-order valence-electron chi connectivity index (χ4n) is 2.51. The summed E-state index contributed by atoms with van der Waals surface area (Å²) in [5.41, 5.74) is -0.430. The lowest BCUT2D eigenvalue weighted by Crippen LogP contribution is -2.40. The molecule has 1 aromatic carbocycles. The van der Waals surface area contributed by atoms with Crippen LogP contribution < -0.4 is 4.90 Å². The minimum Gasteiger partial charge on any atom is -0.295 e. The smallest absolute Gasteiger partial charge is 0.295 e. The molecule has 0 amide bonds. The molecule has 0 fully saturated rings. The maximum absolute atomic E-state index is 13.3. The van der Waals surface area contributed by atoms with Crippen LogP contribution in [0.25, 0.3) is 0 Å². The SMILES string of the molecule is CC1(C)CC(=O)C=C(N(c2ccccc2)C(F)(F)F)C1. The predicted octanol–water partition coefficient (Wildman–Crippen LogP) is 4.29. The molecule has 0 bridgehead atoms. The van der Waals surface area contributed by atoms with E-state index in [1.807, 2.05) is 0 Å². The van der Waals surface area contributed by atoms with Crippen molar-refractivity contribution >= 4 is 11.5 Å². The Morgan fingerprint density at radius 2 is 1.70 bits per heavy atom. The zero-order chi connectivity index (χ0) is 15.0. The van der Waals surface area contributed by atoms with Gasteiger partial charge in [-0.25, -0.2) is 0 Å². The summed E-state index contributed by atoms with van der Waals surface area (Å²) in [4.78, 5) is 12.0. The highest BCUT2D eigenvalue weighted by Crippen LogP contribution is 2.41. The number of carbonyl (C=O) groups excluding carboxylic acids is 1. The van der Waals surface area contributed by atoms with Crippen LogP contribution in [0.1, 0.15) is 26.7 Å². The number of hydrogen-bond donors (Lipinski definition) is 0. The number of halogens is 3. The number of para-hydroxylation sites is 1. The molecule has 5 heteroatoms. The van der Waals surface area contributed by atoms with Crippen LogP contribution in [-0.2, 0) is 4.79 Å². The highest BCUT2D eigenvalue weighted by Gasteiger charge is 2.42. The number of anilines is 1. The van der Waals surface area contributed by atoms with E-state index in [2.05, 4.69) is 0 Å². The standard InChI is InChI=1S/C15H16F3NO/c1-14(2)9-12(8-13(20)10-14)19(15(16,17)18)11-6-4-3-5-7-11/h3-8H,9-10H2,1-2H3. The number of rotatable bonds is 2. The molecule has 108 valence electrons. The average molecular weight is 283 g/mol. The maximum Gasteiger partial charge on any atom is 0.489 e. The van der Waals surface area contributed by atoms with Crippen LogP contribution >= 0.6 is 0 Å². The van der Waals surface area contributed by atoms with Crippen LogP contribution in [0.3, 0.4) is 0 Å². The van der Waals surface area contributed by atoms with Gasteiger partial charge < -0.3 is 0 Å². The Bertz CT molecular complexity index is 532. The van der Waals surface area contributed by atoms with Crippen molar-refractivity contribution in [3.05, 3.63) is 42.1 Å². The van der Waals surface area contributed by atoms with Gasteiger partial charge in [0.25, 0.3) is 0 Å². The second kappa shape index (κ2) is 4.96. The van der Waals surface area contributed by atoms with Crippen LogP contribution in [0.4, 0.5) is 18.9 Å². The third-order valence-electron chi connectivity index (χ3n) is 3.20. The third-order valence-corrected chi connectivity index (χ3v) is 3.20. The number of hydrogen-bond acceptors (Lipinski definition) is 2. The Morgan fingerprint density at radius 1 is 1.10 bits per heavy atom. The van der Waals surface area contributed by atoms with E-state index >= 15 is 0 Å². The van der Waals surface area contributed by atoms with Gasteiger partial charge in [-0.2, -0.15) is 0 Å². The van der Waals surface area contributed by atoms with Gasteiger partial charge in [-0.3, -0.25) is 9.69 Å². The summed E-state index contributed by atoms with van der Waals surface area (Å²) in [6.07, 6.45) is -2.95. The van der Waals surface area contributed by atoms with Gasteiger partial charge in [0, 0.05) is 23.9 Å². The molecule has 0 aliphatic heterocycles. The van der Waals surface area contributed by atoms with Crippen LogP contribution in [0.5, 0.6) is 0 Å². The quantitative estimate of drug-likeness (QED) is 0.755. The van der Waals surface area contributed by atoms with Crippen LogP contribution in [-0.4, -0.2) is 12.1 Å². The van der Waals surface area contributed by atoms with E-state index in [-0.39, 0.29) is 30.0 Å². The van der Waals surface area contributed by atoms with Gasteiger partial charge in [0.05, 0.1) is 0 Å². The van der Waals surface area contributed by atoms with E-state index in [1.165, 1.54) is 12.1 Å². The lowest BCUT2D eigenvalue weighted by Gasteiger charge is -2.36. The zero-order valence-electron chi connectivity index (χ0n) is 11.4. The van der Waals surface area contributed by atoms with Gasteiger partial charge in [-0.15, -0.1) is 13.2 Å². The predicted molar refractivity (Wildman–Crippen MR) is 71.1 cm³/mol. The maximum atomic E-state index is 13.3. The Kier molecular flexibility index (Phi) is 3.63. The van der Waals surface area contributed by atoms with E-state index in [4.69, 9.17) is 0 Å². The van der Waals surface area contributed by atoms with Crippen LogP contribution in [0.2, 0.25) is 0 Å². The normalized spacial score (nSPS) is 18.6. The zero-order valence-corrected chi connectivity index (χ0v) is 11.4. The van der Waals surface area contributed by atoms with E-state index in [9.17, 15) is 18.0 Å². The molecule has 0 radical (unpaired) electrons. The van der Waals surface area contributed by atoms with E-state index < -0.39 is 11.7 Å². The molecule has 2 rings (SSSR count). The molecule has 1 aliphatic carbocycles. The second-order valence-electron chi connectivity index (χ2n) is 5.76. The molecule has 0 saturated carbocycles. The van der Waals surface area contributed by atoms with Crippen molar-refractivity contribution in [3.8, 4) is 0 Å². The van der Waals surface area contributed by atoms with Crippen molar-refractivity contribution in [3.63, 3.8) is 0 Å². The molecule has 20 heavy (non-hydrogen) atoms. The van der Waals surface area contributed by atoms with Crippen molar-refractivity contribution in [2.24, 2.45) is 5.41 Å². The summed E-state index contributed by atoms with van der Waals surface area (Å²) in [5.74, 6) is -0.263. The summed E-state index contributed by atoms with van der Waals surface area (Å²) in [7, 11) is 0. The fourth-order valence-corrected chi connectivity index (χ4v) is 2.51. The minimum absolute atomic E-state index is 0.00458. The first kappa shape index (κ1) is 14.6. The van der Waals surface area contributed by atoms with Gasteiger partial charge in [0.2, 0.25) is 0 Å². The molecule has 1 aliphatic rings. The number of carbonyl (C=O) groups is 1. The molecular formula is C15H16F3NO. The summed E-state index contributed by atoms with van der Waals surface area (Å²) in [5, 5.41) is 0. The van der Waals surface area contributed by atoms with Gasteiger partial charge in [0.15, 0.2) is 5.78 Å². The molecule has 2 nitrogen and oxygen atoms in total. The van der Waals surface area contributed by atoms with Crippen molar-refractivity contribution in [2.45, 2.75) is 33.0 Å². The third kappa shape index (κ3) is 3.21. The minimum atomic E-state index is -4.55. The van der Waals surface area contributed by atoms with Crippen molar-refractivity contribution in [1.29, 1.82) is 0 Å². The lowest BCUT2D eigenvalue weighted by molar-refractivity contribution is -0.126. The van der Waals surface area contributed by atoms with Gasteiger partial charge >= 0.3 is 6.30 Å². The van der Waals surface area contributed by atoms with Crippen LogP contribution in [0.15, 0.2) is 42.1 Å². The Labute approximate surface area is 115 Å². The Morgan fingerprint density at radius 3 is 2.20 bits per heavy atom. The summed E-state index contributed by atoms with van der Waals surface area (Å²) in [6.45, 7) is 3.61. The highest BCUT2D eigenvalue weighted by atomic mass is 19.4. The Hall–Kier alpha value is -1.78. The first-order valence-corrected chi connectivity index (χ1v) is 6.34. The lowest BCUT2D eigenvalue weighted by atomic mass is 9.78. The number of ketones is 1. The van der Waals surface area contributed by atoms with Gasteiger partial charge in [-0.05, 0) is 24.0 Å². The summed E-state index contributed by atoms with van der Waals surface area (Å²) < 4.78 is 40.0. The highest BCUT2D eigenvalue weighted by molar-refractivity contribution is 5.92. The summed E-state index contributed by atoms with van der Waals surface area (Å²) >= 11 is 0. The molecule has 0 unspecified atom stereocenters. The first-order valence-electron chi connectivity index (χ1n) is 6.34. The number of nitrogens with zero attached hydrogens (tertiary/aromatic N) is 1. The van der Waals surface area contributed by atoms with Crippen molar-refractivity contribution in [2.75, 3.05) is 4.90 Å². The molecule has 1 aromatic rings. The second-order valence-corrected chi connectivity index (χ2v) is 5.76. The number of benzene rings is 1. The molecule has 0 aromatic heterocycles. The first-order chi connectivity index (χ1) is 9.19. The largest absolute Gasteiger partial charge is 0.489 e. The van der Waals surface area contributed by atoms with Gasteiger partial charge in [-0.1, -0.05) is 32.0 Å². The number of allylic oxidation sites excluding steroid dienone is 2. The van der Waals surface area contributed by atoms with Crippen molar-refractivity contribution in [1.82, 2.24) is 0 Å². The molecule has 0 atom stereocenters. The van der Waals surface area contributed by atoms with E-state index in [0.717, 1.165) is 6.08 Å². The Balaban J connectivity index is 2.46. The fraction of sp³-hybridized carbons (Fsp3) is 0.400. The van der Waals surface area contributed by atoms with Crippen molar-refractivity contribution < 1.29 is 18.0 Å². The van der Waals surface area contributed by atoms with E-state index in [0.29, 0.717) is 4.90 Å². The topological polar surface area (TPSA) is 20.3 Å². The molecular weight excluding hydrogens is 267 g/mol. The molecule has 0 spiro atoms. The molecule has 0 heterocycles. The van der Waals surface area contributed by atoms with E-state index in [1.54, 1.807) is 32.0 Å². The van der Waals surface area contributed by atoms with Gasteiger partial charge in [0.1, 0.15) is 0 Å². The van der Waals surface area contributed by atoms with Crippen LogP contribution in [0, 0.1) is 5.41 Å².